The number of carbonyl (C=O) groups is 3. The van der Waals surface area contributed by atoms with E-state index in [0.717, 1.165) is 0 Å². The molecule has 0 aliphatic carbocycles. The highest BCUT2D eigenvalue weighted by Crippen LogP contribution is 2.15. The monoisotopic (exact) mass is 277 g/mol. The molecule has 7 heteroatoms. The van der Waals surface area contributed by atoms with Crippen LogP contribution < -0.4 is 10.1 Å². The van der Waals surface area contributed by atoms with Crippen LogP contribution in [0.25, 0.3) is 0 Å². The number of carbonyl (C=O) groups excluding carboxylic acids is 3. The summed E-state index contributed by atoms with van der Waals surface area (Å²) in [6, 6.07) is 2.52. The number of piperidine rings is 1. The second-order valence-electron chi connectivity index (χ2n) is 4.47. The van der Waals surface area contributed by atoms with E-state index in [2.05, 4.69) is 10.3 Å². The first kappa shape index (κ1) is 14.0. The van der Waals surface area contributed by atoms with Crippen molar-refractivity contribution in [2.24, 2.45) is 0 Å². The number of imide groups is 1. The van der Waals surface area contributed by atoms with Crippen molar-refractivity contribution in [2.75, 3.05) is 14.2 Å². The number of nitrogens with zero attached hydrogens (tertiary/aromatic N) is 2. The summed E-state index contributed by atoms with van der Waals surface area (Å²) in [7, 11) is 3.02. The number of ether oxygens (including phenoxy) is 1. The summed E-state index contributed by atoms with van der Waals surface area (Å²) >= 11 is 0. The van der Waals surface area contributed by atoms with E-state index in [1.54, 1.807) is 12.1 Å². The quantitative estimate of drug-likeness (QED) is 0.784. The van der Waals surface area contributed by atoms with Crippen LogP contribution in [0.1, 0.15) is 23.2 Å². The van der Waals surface area contributed by atoms with Crippen LogP contribution in [0.3, 0.4) is 0 Å². The van der Waals surface area contributed by atoms with Crippen LogP contribution in [0.15, 0.2) is 18.3 Å². The maximum atomic E-state index is 12.3. The molecule has 1 fully saturated rings. The first-order chi connectivity index (χ1) is 9.52. The van der Waals surface area contributed by atoms with E-state index in [1.807, 2.05) is 0 Å². The fourth-order valence-corrected chi connectivity index (χ4v) is 2.02. The van der Waals surface area contributed by atoms with Gasteiger partial charge in [0.1, 0.15) is 6.04 Å². The van der Waals surface area contributed by atoms with E-state index in [4.69, 9.17) is 4.74 Å². The molecule has 0 radical (unpaired) electrons. The van der Waals surface area contributed by atoms with Gasteiger partial charge in [-0.3, -0.25) is 19.7 Å². The summed E-state index contributed by atoms with van der Waals surface area (Å²) in [5.41, 5.74) is 0.359. The molecule has 1 atom stereocenters. The minimum Gasteiger partial charge on any atom is -0.481 e. The first-order valence-corrected chi connectivity index (χ1v) is 6.14. The normalized spacial score (nSPS) is 18.4. The standard InChI is InChI=1S/C13H15N3O4/c1-16(9-4-5-10(17)15-12(9)18)13(19)8-3-6-11(20-2)14-7-8/h3,6-7,9H,4-5H2,1-2H3,(H,15,17,18). The zero-order valence-corrected chi connectivity index (χ0v) is 11.3. The fourth-order valence-electron chi connectivity index (χ4n) is 2.02. The third-order valence-corrected chi connectivity index (χ3v) is 3.19. The molecule has 1 aliphatic heterocycles. The summed E-state index contributed by atoms with van der Waals surface area (Å²) < 4.78 is 4.92. The lowest BCUT2D eigenvalue weighted by Crippen LogP contribution is -2.52. The largest absolute Gasteiger partial charge is 0.481 e. The molecular weight excluding hydrogens is 262 g/mol. The van der Waals surface area contributed by atoms with Crippen molar-refractivity contribution in [1.82, 2.24) is 15.2 Å². The molecule has 0 spiro atoms. The Hall–Kier alpha value is -2.44. The molecule has 1 aromatic rings. The lowest BCUT2D eigenvalue weighted by molar-refractivity contribution is -0.136. The van der Waals surface area contributed by atoms with Crippen LogP contribution >= 0.6 is 0 Å². The summed E-state index contributed by atoms with van der Waals surface area (Å²) in [6.07, 6.45) is 1.95. The lowest BCUT2D eigenvalue weighted by atomic mass is 10.0. The predicted octanol–water partition coefficient (Wildman–Crippen LogP) is -0.0326. The van der Waals surface area contributed by atoms with Crippen molar-refractivity contribution < 1.29 is 19.1 Å². The average molecular weight is 277 g/mol. The number of nitrogens with one attached hydrogen (secondary N) is 1. The van der Waals surface area contributed by atoms with Gasteiger partial charge in [-0.15, -0.1) is 0 Å². The Bertz CT molecular complexity index is 541. The zero-order valence-electron chi connectivity index (χ0n) is 11.3. The summed E-state index contributed by atoms with van der Waals surface area (Å²) in [6.45, 7) is 0. The summed E-state index contributed by atoms with van der Waals surface area (Å²) in [4.78, 5) is 40.3. The van der Waals surface area contributed by atoms with E-state index in [1.165, 1.54) is 25.3 Å². The average Bonchev–Trinajstić information content (AvgIpc) is 2.46. The maximum absolute atomic E-state index is 12.3. The molecular formula is C13H15N3O4. The highest BCUT2D eigenvalue weighted by atomic mass is 16.5. The number of amides is 3. The molecule has 0 saturated carbocycles. The SMILES string of the molecule is COc1ccc(C(=O)N(C)C2CCC(=O)NC2=O)cn1. The van der Waals surface area contributed by atoms with Gasteiger partial charge in [0, 0.05) is 25.7 Å². The van der Waals surface area contributed by atoms with Gasteiger partial charge < -0.3 is 9.64 Å². The molecule has 1 saturated heterocycles. The molecule has 7 nitrogen and oxygen atoms in total. The Kier molecular flexibility index (Phi) is 3.97. The van der Waals surface area contributed by atoms with Gasteiger partial charge in [0.2, 0.25) is 17.7 Å². The van der Waals surface area contributed by atoms with E-state index in [-0.39, 0.29) is 18.2 Å². The van der Waals surface area contributed by atoms with Gasteiger partial charge >= 0.3 is 0 Å². The zero-order chi connectivity index (χ0) is 14.7. The van der Waals surface area contributed by atoms with Crippen molar-refractivity contribution in [3.63, 3.8) is 0 Å². The maximum Gasteiger partial charge on any atom is 0.255 e. The van der Waals surface area contributed by atoms with Gasteiger partial charge in [0.05, 0.1) is 12.7 Å². The Morgan fingerprint density at radius 3 is 2.75 bits per heavy atom. The van der Waals surface area contributed by atoms with E-state index < -0.39 is 11.9 Å². The number of pyridine rings is 1. The Morgan fingerprint density at radius 1 is 1.45 bits per heavy atom. The van der Waals surface area contributed by atoms with Gasteiger partial charge in [-0.25, -0.2) is 4.98 Å². The van der Waals surface area contributed by atoms with Crippen LogP contribution in [0.5, 0.6) is 5.88 Å². The smallest absolute Gasteiger partial charge is 0.255 e. The molecule has 0 bridgehead atoms. The molecule has 1 aromatic heterocycles. The lowest BCUT2D eigenvalue weighted by Gasteiger charge is -2.29. The first-order valence-electron chi connectivity index (χ1n) is 6.14. The summed E-state index contributed by atoms with van der Waals surface area (Å²) in [5.74, 6) is -0.670. The molecule has 2 heterocycles. The third-order valence-electron chi connectivity index (χ3n) is 3.19. The number of likely N-dealkylation sites (N-methyl/N-ethyl adjacent to an activating group) is 1. The second kappa shape index (κ2) is 5.68. The molecule has 1 unspecified atom stereocenters. The van der Waals surface area contributed by atoms with Crippen LogP contribution in [-0.4, -0.2) is 47.8 Å². The van der Waals surface area contributed by atoms with E-state index in [9.17, 15) is 14.4 Å². The van der Waals surface area contributed by atoms with Gasteiger partial charge in [-0.05, 0) is 12.5 Å². The number of hydrogen-bond acceptors (Lipinski definition) is 5. The molecule has 0 aromatic carbocycles. The Labute approximate surface area is 115 Å². The minimum atomic E-state index is -0.637. The van der Waals surface area contributed by atoms with Crippen LogP contribution in [-0.2, 0) is 9.59 Å². The third kappa shape index (κ3) is 2.76. The highest BCUT2D eigenvalue weighted by molar-refractivity contribution is 6.03. The number of hydrogen-bond donors (Lipinski definition) is 1. The van der Waals surface area contributed by atoms with E-state index in [0.29, 0.717) is 17.9 Å². The van der Waals surface area contributed by atoms with Crippen molar-refractivity contribution in [2.45, 2.75) is 18.9 Å². The van der Waals surface area contributed by atoms with Crippen molar-refractivity contribution >= 4 is 17.7 Å². The predicted molar refractivity (Wildman–Crippen MR) is 69.1 cm³/mol. The van der Waals surface area contributed by atoms with Gasteiger partial charge in [-0.1, -0.05) is 0 Å². The molecule has 1 N–H and O–H groups in total. The summed E-state index contributed by atoms with van der Waals surface area (Å²) in [5, 5.41) is 2.23. The van der Waals surface area contributed by atoms with Gasteiger partial charge in [0.15, 0.2) is 0 Å². The highest BCUT2D eigenvalue weighted by Gasteiger charge is 2.32. The Balaban J connectivity index is 2.11. The number of methoxy groups -OCH3 is 1. The molecule has 1 aliphatic rings. The van der Waals surface area contributed by atoms with Crippen LogP contribution in [0, 0.1) is 0 Å². The van der Waals surface area contributed by atoms with Crippen LogP contribution in [0.2, 0.25) is 0 Å². The minimum absolute atomic E-state index is 0.231. The molecule has 2 rings (SSSR count). The van der Waals surface area contributed by atoms with Crippen molar-refractivity contribution in [3.05, 3.63) is 23.9 Å². The van der Waals surface area contributed by atoms with E-state index >= 15 is 0 Å². The molecule has 106 valence electrons. The fraction of sp³-hybridized carbons (Fsp3) is 0.385. The number of aromatic nitrogens is 1. The second-order valence-corrected chi connectivity index (χ2v) is 4.47. The van der Waals surface area contributed by atoms with Crippen molar-refractivity contribution in [1.29, 1.82) is 0 Å². The topological polar surface area (TPSA) is 88.6 Å². The van der Waals surface area contributed by atoms with Gasteiger partial charge in [0.25, 0.3) is 5.91 Å². The Morgan fingerprint density at radius 2 is 2.20 bits per heavy atom. The molecule has 20 heavy (non-hydrogen) atoms. The van der Waals surface area contributed by atoms with Crippen molar-refractivity contribution in [3.8, 4) is 5.88 Å². The number of rotatable bonds is 3. The molecule has 3 amide bonds. The van der Waals surface area contributed by atoms with Gasteiger partial charge in [-0.2, -0.15) is 0 Å². The van der Waals surface area contributed by atoms with Crippen LogP contribution in [0.4, 0.5) is 0 Å².